The Kier molecular flexibility index (Phi) is 4.69. The van der Waals surface area contributed by atoms with Crippen molar-refractivity contribution in [3.63, 3.8) is 0 Å². The Morgan fingerprint density at radius 3 is 2.74 bits per heavy atom. The van der Waals surface area contributed by atoms with E-state index in [0.717, 1.165) is 34.7 Å². The summed E-state index contributed by atoms with van der Waals surface area (Å²) in [5.41, 5.74) is 7.60. The van der Waals surface area contributed by atoms with Crippen molar-refractivity contribution in [2.45, 2.75) is 26.2 Å². The van der Waals surface area contributed by atoms with Crippen LogP contribution >= 0.6 is 15.9 Å². The molecule has 104 valence electrons. The van der Waals surface area contributed by atoms with Crippen molar-refractivity contribution >= 4 is 27.5 Å². The van der Waals surface area contributed by atoms with E-state index < -0.39 is 0 Å². The molecular formula is C14H20BrN3O. The third-order valence-electron chi connectivity index (χ3n) is 3.88. The van der Waals surface area contributed by atoms with Gasteiger partial charge < -0.3 is 15.8 Å². The Hall–Kier alpha value is -1.23. The highest BCUT2D eigenvalue weighted by Gasteiger charge is 2.21. The third-order valence-corrected chi connectivity index (χ3v) is 4.37. The fraction of sp³-hybridized carbons (Fsp3) is 0.500. The fourth-order valence-corrected chi connectivity index (χ4v) is 2.97. The Labute approximate surface area is 122 Å². The van der Waals surface area contributed by atoms with Crippen LogP contribution in [-0.4, -0.2) is 24.1 Å². The van der Waals surface area contributed by atoms with Crippen LogP contribution in [0.25, 0.3) is 0 Å². The lowest BCUT2D eigenvalue weighted by atomic mass is 9.93. The van der Waals surface area contributed by atoms with Crippen LogP contribution in [0.3, 0.4) is 0 Å². The number of anilines is 1. The van der Waals surface area contributed by atoms with Gasteiger partial charge in [0.1, 0.15) is 0 Å². The molecule has 5 heteroatoms. The highest BCUT2D eigenvalue weighted by Crippen LogP contribution is 2.30. The van der Waals surface area contributed by atoms with Crippen LogP contribution in [0.15, 0.2) is 27.8 Å². The quantitative estimate of drug-likeness (QED) is 0.388. The largest absolute Gasteiger partial charge is 0.409 e. The predicted octanol–water partition coefficient (Wildman–Crippen LogP) is 3.17. The molecule has 19 heavy (non-hydrogen) atoms. The number of benzene rings is 1. The summed E-state index contributed by atoms with van der Waals surface area (Å²) in [4.78, 5) is 2.32. The molecular weight excluding hydrogens is 306 g/mol. The summed E-state index contributed by atoms with van der Waals surface area (Å²) in [6.07, 6.45) is 3.66. The molecule has 1 saturated heterocycles. The molecule has 1 aromatic rings. The molecule has 1 heterocycles. The first kappa shape index (κ1) is 14.2. The Morgan fingerprint density at radius 2 is 2.16 bits per heavy atom. The number of rotatable bonds is 3. The number of oxime groups is 1. The van der Waals surface area contributed by atoms with Crippen LogP contribution in [0, 0.1) is 5.92 Å². The number of hydrogen-bond acceptors (Lipinski definition) is 3. The maximum Gasteiger partial charge on any atom is 0.172 e. The van der Waals surface area contributed by atoms with Gasteiger partial charge in [0.25, 0.3) is 0 Å². The smallest absolute Gasteiger partial charge is 0.172 e. The monoisotopic (exact) mass is 325 g/mol. The first-order chi connectivity index (χ1) is 9.15. The molecule has 0 bridgehead atoms. The molecule has 0 atom stereocenters. The zero-order valence-electron chi connectivity index (χ0n) is 11.1. The number of nitrogens with two attached hydrogens (primary N) is 1. The summed E-state index contributed by atoms with van der Waals surface area (Å²) in [7, 11) is 0. The van der Waals surface area contributed by atoms with E-state index in [1.165, 1.54) is 19.3 Å². The molecule has 0 aromatic heterocycles. The Morgan fingerprint density at radius 1 is 1.47 bits per heavy atom. The number of piperidine rings is 1. The summed E-state index contributed by atoms with van der Waals surface area (Å²) >= 11 is 3.49. The summed E-state index contributed by atoms with van der Waals surface area (Å²) in [5.74, 6) is 0.996. The van der Waals surface area contributed by atoms with E-state index in [9.17, 15) is 0 Å². The van der Waals surface area contributed by atoms with Crippen LogP contribution in [0.2, 0.25) is 0 Å². The van der Waals surface area contributed by atoms with Gasteiger partial charge in [-0.25, -0.2) is 0 Å². The summed E-state index contributed by atoms with van der Waals surface area (Å²) in [5, 5.41) is 12.0. The van der Waals surface area contributed by atoms with Gasteiger partial charge in [0.15, 0.2) is 5.84 Å². The molecule has 1 aliphatic heterocycles. The van der Waals surface area contributed by atoms with Crippen LogP contribution in [-0.2, 0) is 0 Å². The SMILES string of the molecule is CCC1CCN(c2cc(Br)ccc2/C(N)=N/O)CC1. The van der Waals surface area contributed by atoms with Crippen LogP contribution in [0.1, 0.15) is 31.7 Å². The van der Waals surface area contributed by atoms with E-state index in [0.29, 0.717) is 0 Å². The molecule has 0 aliphatic carbocycles. The van der Waals surface area contributed by atoms with E-state index in [1.807, 2.05) is 18.2 Å². The van der Waals surface area contributed by atoms with E-state index in [2.05, 4.69) is 32.9 Å². The van der Waals surface area contributed by atoms with E-state index >= 15 is 0 Å². The molecule has 0 saturated carbocycles. The van der Waals surface area contributed by atoms with Crippen molar-refractivity contribution in [3.05, 3.63) is 28.2 Å². The molecule has 1 fully saturated rings. The van der Waals surface area contributed by atoms with Gasteiger partial charge in [-0.2, -0.15) is 0 Å². The average Bonchev–Trinajstić information content (AvgIpc) is 2.46. The standard InChI is InChI=1S/C14H20BrN3O/c1-2-10-5-7-18(8-6-10)13-9-11(15)3-4-12(13)14(16)17-19/h3-4,9-10,19H,2,5-8H2,1H3,(H2,16,17). The van der Waals surface area contributed by atoms with Gasteiger partial charge in [0.05, 0.1) is 0 Å². The molecule has 2 rings (SSSR count). The lowest BCUT2D eigenvalue weighted by Crippen LogP contribution is -2.35. The first-order valence-electron chi connectivity index (χ1n) is 6.68. The van der Waals surface area contributed by atoms with E-state index in [1.54, 1.807) is 0 Å². The molecule has 0 amide bonds. The maximum atomic E-state index is 8.89. The minimum absolute atomic E-state index is 0.167. The van der Waals surface area contributed by atoms with Crippen molar-refractivity contribution in [2.24, 2.45) is 16.8 Å². The number of hydrogen-bond donors (Lipinski definition) is 2. The zero-order chi connectivity index (χ0) is 13.8. The summed E-state index contributed by atoms with van der Waals surface area (Å²) < 4.78 is 1.01. The summed E-state index contributed by atoms with van der Waals surface area (Å²) in [6.45, 7) is 4.31. The van der Waals surface area contributed by atoms with Crippen molar-refractivity contribution in [1.82, 2.24) is 0 Å². The lowest BCUT2D eigenvalue weighted by Gasteiger charge is -2.34. The zero-order valence-corrected chi connectivity index (χ0v) is 12.7. The first-order valence-corrected chi connectivity index (χ1v) is 7.47. The van der Waals surface area contributed by atoms with Gasteiger partial charge in [-0.15, -0.1) is 0 Å². The Bertz CT molecular complexity index is 468. The highest BCUT2D eigenvalue weighted by atomic mass is 79.9. The van der Waals surface area contributed by atoms with Crippen LogP contribution in [0.5, 0.6) is 0 Å². The van der Waals surface area contributed by atoms with E-state index in [-0.39, 0.29) is 5.84 Å². The molecule has 1 aromatic carbocycles. The number of halogens is 1. The lowest BCUT2D eigenvalue weighted by molar-refractivity contribution is 0.318. The van der Waals surface area contributed by atoms with Crippen molar-refractivity contribution < 1.29 is 5.21 Å². The number of nitrogens with zero attached hydrogens (tertiary/aromatic N) is 2. The highest BCUT2D eigenvalue weighted by molar-refractivity contribution is 9.10. The van der Waals surface area contributed by atoms with Gasteiger partial charge >= 0.3 is 0 Å². The predicted molar refractivity (Wildman–Crippen MR) is 81.9 cm³/mol. The van der Waals surface area contributed by atoms with Gasteiger partial charge in [0.2, 0.25) is 0 Å². The third kappa shape index (κ3) is 3.21. The van der Waals surface area contributed by atoms with Gasteiger partial charge in [-0.05, 0) is 37.0 Å². The maximum absolute atomic E-state index is 8.89. The van der Waals surface area contributed by atoms with Crippen molar-refractivity contribution in [1.29, 1.82) is 0 Å². The molecule has 0 spiro atoms. The topological polar surface area (TPSA) is 61.8 Å². The van der Waals surface area contributed by atoms with Gasteiger partial charge in [0, 0.05) is 28.8 Å². The second-order valence-electron chi connectivity index (χ2n) is 4.99. The second kappa shape index (κ2) is 6.28. The van der Waals surface area contributed by atoms with E-state index in [4.69, 9.17) is 10.9 Å². The second-order valence-corrected chi connectivity index (χ2v) is 5.90. The Balaban J connectivity index is 2.26. The molecule has 4 nitrogen and oxygen atoms in total. The summed E-state index contributed by atoms with van der Waals surface area (Å²) in [6, 6.07) is 5.84. The van der Waals surface area contributed by atoms with Crippen LogP contribution in [0.4, 0.5) is 5.69 Å². The fourth-order valence-electron chi connectivity index (χ4n) is 2.62. The van der Waals surface area contributed by atoms with Crippen molar-refractivity contribution in [2.75, 3.05) is 18.0 Å². The molecule has 0 unspecified atom stereocenters. The molecule has 0 radical (unpaired) electrons. The van der Waals surface area contributed by atoms with Gasteiger partial charge in [-0.1, -0.05) is 34.4 Å². The van der Waals surface area contributed by atoms with Crippen LogP contribution < -0.4 is 10.6 Å². The minimum atomic E-state index is 0.167. The number of amidine groups is 1. The minimum Gasteiger partial charge on any atom is -0.409 e. The normalized spacial score (nSPS) is 17.8. The molecule has 1 aliphatic rings. The van der Waals surface area contributed by atoms with Gasteiger partial charge in [-0.3, -0.25) is 0 Å². The molecule has 3 N–H and O–H groups in total. The van der Waals surface area contributed by atoms with Crippen molar-refractivity contribution in [3.8, 4) is 0 Å². The average molecular weight is 326 g/mol.